The zero-order valence-corrected chi connectivity index (χ0v) is 11.8. The van der Waals surface area contributed by atoms with Crippen molar-refractivity contribution in [1.82, 2.24) is 9.97 Å². The predicted octanol–water partition coefficient (Wildman–Crippen LogP) is 1.61. The second-order valence-corrected chi connectivity index (χ2v) is 6.66. The highest BCUT2D eigenvalue weighted by atomic mass is 15.3. The lowest BCUT2D eigenvalue weighted by molar-refractivity contribution is 0.438. The van der Waals surface area contributed by atoms with Crippen LogP contribution in [0.3, 0.4) is 0 Å². The number of rotatable bonds is 3. The molecule has 4 unspecified atom stereocenters. The van der Waals surface area contributed by atoms with Gasteiger partial charge in [0.15, 0.2) is 0 Å². The Labute approximate surface area is 120 Å². The van der Waals surface area contributed by atoms with E-state index in [1.54, 1.807) is 0 Å². The maximum atomic E-state index is 5.97. The Morgan fingerprint density at radius 3 is 2.90 bits per heavy atom. The molecule has 0 radical (unpaired) electrons. The topological polar surface area (TPSA) is 67.1 Å². The molecule has 3 aliphatic rings. The standard InChI is InChI=1S/C15H23N5/c16-12-4-6-20(9-12)14-3-5-17-15(19-14)18-13-8-10-1-2-11(13)7-10/h3,5,10-13H,1-2,4,6-9,16H2,(H,17,18,19). The average molecular weight is 273 g/mol. The van der Waals surface area contributed by atoms with Gasteiger partial charge in [0, 0.05) is 31.4 Å². The van der Waals surface area contributed by atoms with Gasteiger partial charge in [0.05, 0.1) is 0 Å². The molecule has 2 saturated carbocycles. The molecule has 2 heterocycles. The molecule has 1 saturated heterocycles. The van der Waals surface area contributed by atoms with Crippen molar-refractivity contribution in [2.45, 2.75) is 44.2 Å². The monoisotopic (exact) mass is 273 g/mol. The fourth-order valence-corrected chi connectivity index (χ4v) is 4.18. The normalized spacial score (nSPS) is 35.8. The number of anilines is 2. The summed E-state index contributed by atoms with van der Waals surface area (Å²) >= 11 is 0. The maximum Gasteiger partial charge on any atom is 0.224 e. The lowest BCUT2D eigenvalue weighted by Gasteiger charge is -2.23. The van der Waals surface area contributed by atoms with Crippen LogP contribution in [0.1, 0.15) is 32.1 Å². The highest BCUT2D eigenvalue weighted by molar-refractivity contribution is 5.44. The molecule has 1 aliphatic heterocycles. The van der Waals surface area contributed by atoms with Crippen LogP contribution in [-0.4, -0.2) is 35.1 Å². The van der Waals surface area contributed by atoms with Crippen molar-refractivity contribution < 1.29 is 0 Å². The quantitative estimate of drug-likeness (QED) is 0.876. The average Bonchev–Trinajstić information content (AvgIpc) is 3.15. The lowest BCUT2D eigenvalue weighted by atomic mass is 9.95. The van der Waals surface area contributed by atoms with Crippen LogP contribution in [-0.2, 0) is 0 Å². The predicted molar refractivity (Wildman–Crippen MR) is 79.7 cm³/mol. The summed E-state index contributed by atoms with van der Waals surface area (Å²) in [5.74, 6) is 3.59. The second-order valence-electron chi connectivity index (χ2n) is 6.66. The van der Waals surface area contributed by atoms with Gasteiger partial charge in [-0.3, -0.25) is 0 Å². The second kappa shape index (κ2) is 4.88. The summed E-state index contributed by atoms with van der Waals surface area (Å²) in [6.07, 6.45) is 8.42. The number of nitrogens with two attached hydrogens (primary N) is 1. The molecule has 20 heavy (non-hydrogen) atoms. The Kier molecular flexibility index (Phi) is 3.02. The molecule has 2 bridgehead atoms. The number of aromatic nitrogens is 2. The van der Waals surface area contributed by atoms with Gasteiger partial charge in [0.2, 0.25) is 5.95 Å². The molecular weight excluding hydrogens is 250 g/mol. The summed E-state index contributed by atoms with van der Waals surface area (Å²) in [7, 11) is 0. The van der Waals surface area contributed by atoms with Crippen molar-refractivity contribution in [2.75, 3.05) is 23.3 Å². The van der Waals surface area contributed by atoms with Crippen LogP contribution in [0.4, 0.5) is 11.8 Å². The molecule has 0 amide bonds. The van der Waals surface area contributed by atoms with Crippen molar-refractivity contribution in [3.8, 4) is 0 Å². The van der Waals surface area contributed by atoms with E-state index in [-0.39, 0.29) is 6.04 Å². The van der Waals surface area contributed by atoms with Crippen LogP contribution < -0.4 is 16.0 Å². The summed E-state index contributed by atoms with van der Waals surface area (Å²) in [6.45, 7) is 1.91. The molecule has 0 aromatic carbocycles. The summed E-state index contributed by atoms with van der Waals surface area (Å²) in [5, 5.41) is 3.57. The van der Waals surface area contributed by atoms with E-state index in [1.807, 2.05) is 12.3 Å². The first-order chi connectivity index (χ1) is 9.78. The highest BCUT2D eigenvalue weighted by Crippen LogP contribution is 2.45. The van der Waals surface area contributed by atoms with Crippen LogP contribution in [0, 0.1) is 11.8 Å². The highest BCUT2D eigenvalue weighted by Gasteiger charge is 2.39. The minimum atomic E-state index is 0.284. The molecular formula is C15H23N5. The van der Waals surface area contributed by atoms with Gasteiger partial charge in [-0.05, 0) is 43.6 Å². The largest absolute Gasteiger partial charge is 0.355 e. The summed E-state index contributed by atoms with van der Waals surface area (Å²) in [4.78, 5) is 11.3. The molecule has 3 N–H and O–H groups in total. The summed E-state index contributed by atoms with van der Waals surface area (Å²) in [6, 6.07) is 2.86. The maximum absolute atomic E-state index is 5.97. The molecule has 108 valence electrons. The number of hydrogen-bond donors (Lipinski definition) is 2. The smallest absolute Gasteiger partial charge is 0.224 e. The zero-order valence-electron chi connectivity index (χ0n) is 11.8. The third kappa shape index (κ3) is 2.24. The Hall–Kier alpha value is -1.36. The van der Waals surface area contributed by atoms with Gasteiger partial charge in [-0.15, -0.1) is 0 Å². The van der Waals surface area contributed by atoms with Gasteiger partial charge >= 0.3 is 0 Å². The minimum absolute atomic E-state index is 0.284. The molecule has 2 aliphatic carbocycles. The number of nitrogens with one attached hydrogen (secondary N) is 1. The summed E-state index contributed by atoms with van der Waals surface area (Å²) in [5.41, 5.74) is 5.97. The zero-order chi connectivity index (χ0) is 13.5. The Morgan fingerprint density at radius 2 is 2.20 bits per heavy atom. The van der Waals surface area contributed by atoms with Crippen molar-refractivity contribution in [3.63, 3.8) is 0 Å². The summed E-state index contributed by atoms with van der Waals surface area (Å²) < 4.78 is 0. The van der Waals surface area contributed by atoms with Gasteiger partial charge in [-0.25, -0.2) is 4.98 Å². The molecule has 3 fully saturated rings. The molecule has 4 atom stereocenters. The van der Waals surface area contributed by atoms with Gasteiger partial charge in [-0.1, -0.05) is 6.42 Å². The van der Waals surface area contributed by atoms with E-state index in [1.165, 1.54) is 25.7 Å². The first kappa shape index (κ1) is 12.4. The van der Waals surface area contributed by atoms with Crippen LogP contribution in [0.25, 0.3) is 0 Å². The molecule has 1 aromatic rings. The van der Waals surface area contributed by atoms with E-state index in [9.17, 15) is 0 Å². The molecule has 4 rings (SSSR count). The van der Waals surface area contributed by atoms with E-state index in [0.29, 0.717) is 6.04 Å². The van der Waals surface area contributed by atoms with Gasteiger partial charge < -0.3 is 16.0 Å². The number of hydrogen-bond acceptors (Lipinski definition) is 5. The molecule has 5 heteroatoms. The molecule has 5 nitrogen and oxygen atoms in total. The van der Waals surface area contributed by atoms with E-state index in [4.69, 9.17) is 5.73 Å². The first-order valence-electron chi connectivity index (χ1n) is 7.88. The van der Waals surface area contributed by atoms with Crippen molar-refractivity contribution >= 4 is 11.8 Å². The molecule has 0 spiro atoms. The van der Waals surface area contributed by atoms with Crippen molar-refractivity contribution in [3.05, 3.63) is 12.3 Å². The number of nitrogens with zero attached hydrogens (tertiary/aromatic N) is 3. The van der Waals surface area contributed by atoms with Gasteiger partial charge in [-0.2, -0.15) is 4.98 Å². The van der Waals surface area contributed by atoms with Gasteiger partial charge in [0.25, 0.3) is 0 Å². The molecule has 1 aromatic heterocycles. The third-order valence-corrected chi connectivity index (χ3v) is 5.24. The fourth-order valence-electron chi connectivity index (χ4n) is 4.18. The Bertz CT molecular complexity index is 491. The van der Waals surface area contributed by atoms with Gasteiger partial charge in [0.1, 0.15) is 5.82 Å². The van der Waals surface area contributed by atoms with Crippen LogP contribution in [0.5, 0.6) is 0 Å². The van der Waals surface area contributed by atoms with Crippen molar-refractivity contribution in [2.24, 2.45) is 17.6 Å². The van der Waals surface area contributed by atoms with Crippen molar-refractivity contribution in [1.29, 1.82) is 0 Å². The van der Waals surface area contributed by atoms with Crippen LogP contribution >= 0.6 is 0 Å². The lowest BCUT2D eigenvalue weighted by Crippen LogP contribution is -2.29. The van der Waals surface area contributed by atoms with Crippen LogP contribution in [0.2, 0.25) is 0 Å². The third-order valence-electron chi connectivity index (χ3n) is 5.24. The fraction of sp³-hybridized carbons (Fsp3) is 0.733. The SMILES string of the molecule is NC1CCN(c2ccnc(NC3CC4CCC3C4)n2)C1. The Balaban J connectivity index is 1.46. The van der Waals surface area contributed by atoms with E-state index >= 15 is 0 Å². The first-order valence-corrected chi connectivity index (χ1v) is 7.88. The number of fused-ring (bicyclic) bond motifs is 2. The Morgan fingerprint density at radius 1 is 1.25 bits per heavy atom. The van der Waals surface area contributed by atoms with E-state index in [0.717, 1.165) is 43.1 Å². The van der Waals surface area contributed by atoms with E-state index < -0.39 is 0 Å². The van der Waals surface area contributed by atoms with E-state index in [2.05, 4.69) is 20.2 Å². The minimum Gasteiger partial charge on any atom is -0.355 e. The van der Waals surface area contributed by atoms with Crippen LogP contribution in [0.15, 0.2) is 12.3 Å².